The van der Waals surface area contributed by atoms with Crippen molar-refractivity contribution in [3.63, 3.8) is 0 Å². The van der Waals surface area contributed by atoms with Crippen LogP contribution < -0.4 is 14.8 Å². The van der Waals surface area contributed by atoms with Gasteiger partial charge < -0.3 is 19.5 Å². The smallest absolute Gasteiger partial charge is 0.351 e. The number of halogens is 2. The van der Waals surface area contributed by atoms with Crippen LogP contribution in [0.25, 0.3) is 0 Å². The maximum absolute atomic E-state index is 12.0. The van der Waals surface area contributed by atoms with Crippen LogP contribution in [0, 0.1) is 0 Å². The number of ether oxygens (including phenoxy) is 3. The van der Waals surface area contributed by atoms with Crippen LogP contribution in [0.3, 0.4) is 0 Å². The second-order valence-corrected chi connectivity index (χ2v) is 5.99. The summed E-state index contributed by atoms with van der Waals surface area (Å²) in [7, 11) is 0. The highest BCUT2D eigenvalue weighted by Gasteiger charge is 2.29. The number of rotatable bonds is 4. The maximum Gasteiger partial charge on any atom is 0.351 e. The van der Waals surface area contributed by atoms with E-state index in [-0.39, 0.29) is 6.61 Å². The highest BCUT2D eigenvalue weighted by atomic mass is 35.5. The van der Waals surface area contributed by atoms with E-state index in [1.54, 1.807) is 36.4 Å². The molecule has 1 N–H and O–H groups in total. The molecule has 2 aromatic rings. The molecule has 0 fully saturated rings. The Morgan fingerprint density at radius 2 is 1.92 bits per heavy atom. The number of esters is 1. The third-order valence-electron chi connectivity index (χ3n) is 3.32. The molecule has 1 unspecified atom stereocenters. The van der Waals surface area contributed by atoms with Crippen LogP contribution in [0.4, 0.5) is 5.69 Å². The summed E-state index contributed by atoms with van der Waals surface area (Å²) >= 11 is 11.8. The van der Waals surface area contributed by atoms with Crippen molar-refractivity contribution in [2.75, 3.05) is 18.5 Å². The van der Waals surface area contributed by atoms with Crippen molar-refractivity contribution in [3.8, 4) is 11.5 Å². The van der Waals surface area contributed by atoms with Crippen LogP contribution in [-0.4, -0.2) is 31.2 Å². The predicted octanol–water partition coefficient (Wildman–Crippen LogP) is 3.32. The zero-order chi connectivity index (χ0) is 17.8. The van der Waals surface area contributed by atoms with E-state index in [0.717, 1.165) is 0 Å². The van der Waals surface area contributed by atoms with Crippen LogP contribution in [0.15, 0.2) is 42.5 Å². The van der Waals surface area contributed by atoms with Crippen molar-refractivity contribution < 1.29 is 23.8 Å². The molecule has 0 bridgehead atoms. The van der Waals surface area contributed by atoms with Gasteiger partial charge in [-0.05, 0) is 30.3 Å². The third kappa shape index (κ3) is 4.35. The topological polar surface area (TPSA) is 73.9 Å². The van der Waals surface area contributed by atoms with Crippen molar-refractivity contribution in [2.24, 2.45) is 0 Å². The van der Waals surface area contributed by atoms with Crippen LogP contribution in [0.1, 0.15) is 0 Å². The molecular formula is C17H13Cl2NO5. The van der Waals surface area contributed by atoms with Crippen LogP contribution in [-0.2, 0) is 14.3 Å². The number of carbonyl (C=O) groups is 2. The highest BCUT2D eigenvalue weighted by molar-refractivity contribution is 6.35. The highest BCUT2D eigenvalue weighted by Crippen LogP contribution is 2.31. The molecule has 0 aliphatic carbocycles. The van der Waals surface area contributed by atoms with E-state index in [1.807, 2.05) is 0 Å². The second kappa shape index (κ2) is 7.63. The molecule has 25 heavy (non-hydrogen) atoms. The first-order chi connectivity index (χ1) is 12.0. The van der Waals surface area contributed by atoms with Gasteiger partial charge in [-0.1, -0.05) is 35.3 Å². The SMILES string of the molecule is O=C(COC(=O)C1COc2ccccc2O1)Nc1cc(Cl)ccc1Cl. The number of nitrogens with one attached hydrogen (secondary N) is 1. The first-order valence-corrected chi connectivity index (χ1v) is 8.08. The Bertz CT molecular complexity index is 811. The molecule has 1 atom stereocenters. The Kier molecular flexibility index (Phi) is 5.31. The van der Waals surface area contributed by atoms with E-state index in [9.17, 15) is 9.59 Å². The van der Waals surface area contributed by atoms with Gasteiger partial charge in [-0.15, -0.1) is 0 Å². The van der Waals surface area contributed by atoms with Crippen LogP contribution in [0.5, 0.6) is 11.5 Å². The monoisotopic (exact) mass is 381 g/mol. The molecule has 0 radical (unpaired) electrons. The molecule has 1 heterocycles. The molecule has 0 saturated carbocycles. The molecule has 1 aliphatic heterocycles. The van der Waals surface area contributed by atoms with Crippen molar-refractivity contribution in [3.05, 3.63) is 52.5 Å². The molecule has 8 heteroatoms. The number of para-hydroxylation sites is 2. The van der Waals surface area contributed by atoms with E-state index in [0.29, 0.717) is 27.2 Å². The summed E-state index contributed by atoms with van der Waals surface area (Å²) in [5, 5.41) is 3.26. The Hall–Kier alpha value is -2.44. The zero-order valence-electron chi connectivity index (χ0n) is 12.8. The lowest BCUT2D eigenvalue weighted by Crippen LogP contribution is -2.39. The normalized spacial score (nSPS) is 15.4. The minimum absolute atomic E-state index is 0.0115. The Balaban J connectivity index is 1.52. The van der Waals surface area contributed by atoms with Gasteiger partial charge in [0.1, 0.15) is 6.61 Å². The molecular weight excluding hydrogens is 369 g/mol. The molecule has 2 aromatic carbocycles. The molecule has 3 rings (SSSR count). The van der Waals surface area contributed by atoms with Gasteiger partial charge in [0.05, 0.1) is 10.7 Å². The number of anilines is 1. The van der Waals surface area contributed by atoms with Crippen molar-refractivity contribution in [1.29, 1.82) is 0 Å². The summed E-state index contributed by atoms with van der Waals surface area (Å²) in [4.78, 5) is 23.9. The number of amides is 1. The molecule has 130 valence electrons. The van der Waals surface area contributed by atoms with Gasteiger partial charge in [-0.25, -0.2) is 4.79 Å². The van der Waals surface area contributed by atoms with Gasteiger partial charge in [0.25, 0.3) is 5.91 Å². The zero-order valence-corrected chi connectivity index (χ0v) is 14.3. The minimum Gasteiger partial charge on any atom is -0.485 e. The lowest BCUT2D eigenvalue weighted by atomic mass is 10.2. The van der Waals surface area contributed by atoms with Crippen molar-refractivity contribution in [2.45, 2.75) is 6.10 Å². The molecule has 0 aromatic heterocycles. The van der Waals surface area contributed by atoms with Crippen LogP contribution >= 0.6 is 23.2 Å². The fourth-order valence-electron chi connectivity index (χ4n) is 2.14. The number of benzene rings is 2. The summed E-state index contributed by atoms with van der Waals surface area (Å²) in [6.45, 7) is -0.471. The third-order valence-corrected chi connectivity index (χ3v) is 3.88. The number of carbonyl (C=O) groups excluding carboxylic acids is 2. The fraction of sp³-hybridized carbons (Fsp3) is 0.176. The molecule has 0 spiro atoms. The molecule has 1 amide bonds. The van der Waals surface area contributed by atoms with Crippen molar-refractivity contribution >= 4 is 40.8 Å². The number of hydrogen-bond acceptors (Lipinski definition) is 5. The first-order valence-electron chi connectivity index (χ1n) is 7.33. The first kappa shape index (κ1) is 17.4. The predicted molar refractivity (Wildman–Crippen MR) is 92.4 cm³/mol. The fourth-order valence-corrected chi connectivity index (χ4v) is 2.48. The van der Waals surface area contributed by atoms with Gasteiger partial charge in [0, 0.05) is 5.02 Å². The molecule has 1 aliphatic rings. The lowest BCUT2D eigenvalue weighted by Gasteiger charge is -2.24. The molecule has 6 nitrogen and oxygen atoms in total. The van der Waals surface area contributed by atoms with Crippen LogP contribution in [0.2, 0.25) is 10.0 Å². The number of fused-ring (bicyclic) bond motifs is 1. The van der Waals surface area contributed by atoms with E-state index in [1.165, 1.54) is 6.07 Å². The maximum atomic E-state index is 12.0. The average molecular weight is 382 g/mol. The Labute approximate surface area is 153 Å². The van der Waals surface area contributed by atoms with Gasteiger partial charge >= 0.3 is 5.97 Å². The summed E-state index contributed by atoms with van der Waals surface area (Å²) in [6.07, 6.45) is -0.933. The minimum atomic E-state index is -0.933. The van der Waals surface area contributed by atoms with Gasteiger partial charge in [-0.2, -0.15) is 0 Å². The summed E-state index contributed by atoms with van der Waals surface area (Å²) in [6, 6.07) is 11.6. The standard InChI is InChI=1S/C17H13Cl2NO5/c18-10-5-6-11(19)12(7-10)20-16(21)9-24-17(22)15-8-23-13-3-1-2-4-14(13)25-15/h1-7,15H,8-9H2,(H,20,21). The molecule has 0 saturated heterocycles. The Morgan fingerprint density at radius 1 is 1.16 bits per heavy atom. The summed E-state index contributed by atoms with van der Waals surface area (Å²) < 4.78 is 15.9. The summed E-state index contributed by atoms with van der Waals surface area (Å²) in [5.41, 5.74) is 0.335. The van der Waals surface area contributed by atoms with Gasteiger partial charge in [0.2, 0.25) is 6.10 Å². The summed E-state index contributed by atoms with van der Waals surface area (Å²) in [5.74, 6) is -0.234. The average Bonchev–Trinajstić information content (AvgIpc) is 2.62. The quantitative estimate of drug-likeness (QED) is 0.822. The Morgan fingerprint density at radius 3 is 2.72 bits per heavy atom. The van der Waals surface area contributed by atoms with E-state index < -0.39 is 24.6 Å². The van der Waals surface area contributed by atoms with Gasteiger partial charge in [0.15, 0.2) is 18.1 Å². The van der Waals surface area contributed by atoms with E-state index in [2.05, 4.69) is 5.32 Å². The van der Waals surface area contributed by atoms with E-state index in [4.69, 9.17) is 37.4 Å². The second-order valence-electron chi connectivity index (χ2n) is 5.14. The van der Waals surface area contributed by atoms with E-state index >= 15 is 0 Å². The van der Waals surface area contributed by atoms with Gasteiger partial charge in [-0.3, -0.25) is 4.79 Å². The van der Waals surface area contributed by atoms with Crippen molar-refractivity contribution in [1.82, 2.24) is 0 Å². The largest absolute Gasteiger partial charge is 0.485 e. The lowest BCUT2D eigenvalue weighted by molar-refractivity contribution is -0.156. The number of hydrogen-bond donors (Lipinski definition) is 1.